The van der Waals surface area contributed by atoms with Crippen molar-refractivity contribution in [2.75, 3.05) is 25.1 Å². The Bertz CT molecular complexity index is 1400. The second kappa shape index (κ2) is 10.6. The number of halogens is 2. The summed E-state index contributed by atoms with van der Waals surface area (Å²) in [5, 5.41) is 18.2. The summed E-state index contributed by atoms with van der Waals surface area (Å²) >= 11 is 13.2. The van der Waals surface area contributed by atoms with Gasteiger partial charge in [0.1, 0.15) is 30.0 Å². The number of anilines is 1. The van der Waals surface area contributed by atoms with Gasteiger partial charge in [-0.3, -0.25) is 9.67 Å². The van der Waals surface area contributed by atoms with Crippen molar-refractivity contribution in [3.05, 3.63) is 69.6 Å². The maximum absolute atomic E-state index is 10.0. The fourth-order valence-corrected chi connectivity index (χ4v) is 4.90. The highest BCUT2D eigenvalue weighted by atomic mass is 35.5. The predicted octanol–water partition coefficient (Wildman–Crippen LogP) is 4.03. The molecule has 1 aromatic carbocycles. The maximum atomic E-state index is 10.0. The van der Waals surface area contributed by atoms with Gasteiger partial charge in [-0.05, 0) is 43.8 Å². The molecule has 0 fully saturated rings. The topological polar surface area (TPSA) is 101 Å². The zero-order valence-corrected chi connectivity index (χ0v) is 22.3. The van der Waals surface area contributed by atoms with E-state index in [4.69, 9.17) is 37.9 Å². The molecule has 1 atom stereocenters. The molecule has 0 bridgehead atoms. The van der Waals surface area contributed by atoms with Gasteiger partial charge in [0.2, 0.25) is 0 Å². The first-order chi connectivity index (χ1) is 17.9. The third kappa shape index (κ3) is 5.13. The van der Waals surface area contributed by atoms with Crippen LogP contribution < -0.4 is 15.0 Å². The molecule has 0 saturated carbocycles. The van der Waals surface area contributed by atoms with Crippen molar-refractivity contribution in [1.82, 2.24) is 30.0 Å². The summed E-state index contributed by atoms with van der Waals surface area (Å²) in [6.07, 6.45) is 2.77. The minimum Gasteiger partial charge on any atom is -0.491 e. The van der Waals surface area contributed by atoms with E-state index in [1.807, 2.05) is 20.0 Å². The molecule has 11 heteroatoms. The normalized spacial score (nSPS) is 13.6. The molecule has 0 radical (unpaired) electrons. The Labute approximate surface area is 225 Å². The number of fused-ring (bicyclic) bond motifs is 1. The number of pyridine rings is 1. The predicted molar refractivity (Wildman–Crippen MR) is 144 cm³/mol. The highest BCUT2D eigenvalue weighted by molar-refractivity contribution is 6.33. The van der Waals surface area contributed by atoms with Crippen LogP contribution in [-0.4, -0.2) is 56.1 Å². The van der Waals surface area contributed by atoms with Crippen molar-refractivity contribution in [2.24, 2.45) is 7.05 Å². The summed E-state index contributed by atoms with van der Waals surface area (Å²) in [5.74, 6) is 1.75. The Morgan fingerprint density at radius 1 is 1.16 bits per heavy atom. The van der Waals surface area contributed by atoms with Crippen LogP contribution in [0.4, 0.5) is 5.82 Å². The molecule has 4 heterocycles. The number of rotatable bonds is 8. The molecule has 192 valence electrons. The van der Waals surface area contributed by atoms with E-state index in [1.165, 1.54) is 0 Å². The van der Waals surface area contributed by atoms with E-state index < -0.39 is 6.10 Å². The fraction of sp³-hybridized carbons (Fsp3) is 0.308. The van der Waals surface area contributed by atoms with Crippen LogP contribution in [-0.2, 0) is 20.1 Å². The molecule has 5 rings (SSSR count). The molecule has 1 aliphatic heterocycles. The lowest BCUT2D eigenvalue weighted by atomic mass is 10.1. The molecule has 1 aliphatic rings. The number of aromatic nitrogens is 5. The summed E-state index contributed by atoms with van der Waals surface area (Å²) in [5.41, 5.74) is 5.03. The average molecular weight is 540 g/mol. The molecular formula is C26H27Cl2N7O2. The van der Waals surface area contributed by atoms with Crippen molar-refractivity contribution in [3.8, 4) is 28.5 Å². The molecule has 3 aromatic heterocycles. The number of aliphatic hydroxyl groups is 1. The lowest BCUT2D eigenvalue weighted by Gasteiger charge is -2.22. The quantitative estimate of drug-likeness (QED) is 0.346. The number of benzene rings is 1. The minimum atomic E-state index is -0.643. The Balaban J connectivity index is 1.60. The molecule has 37 heavy (non-hydrogen) atoms. The number of aryl methyl sites for hydroxylation is 1. The number of nitrogens with zero attached hydrogens (tertiary/aromatic N) is 6. The largest absolute Gasteiger partial charge is 0.491 e. The van der Waals surface area contributed by atoms with E-state index in [1.54, 1.807) is 42.3 Å². The smallest absolute Gasteiger partial charge is 0.163 e. The standard InChI is InChI=1S/C26H27Cl2N7O2/c1-15-23(24-21(28)11-31-34(24)3)32-25(33-26(15)35-12-16-5-4-8-30-22(16)13-35)19-9-18(6-7-20(19)27)37-14-17(36)10-29-2/h4-9,11,17,29,36H,10,12-14H2,1-3H3. The molecule has 1 unspecified atom stereocenters. The number of aliphatic hydroxyl groups excluding tert-OH is 1. The van der Waals surface area contributed by atoms with E-state index in [2.05, 4.69) is 26.4 Å². The van der Waals surface area contributed by atoms with Crippen molar-refractivity contribution in [2.45, 2.75) is 26.1 Å². The number of nitrogens with one attached hydrogen (secondary N) is 1. The van der Waals surface area contributed by atoms with Crippen molar-refractivity contribution in [1.29, 1.82) is 0 Å². The van der Waals surface area contributed by atoms with Gasteiger partial charge in [-0.25, -0.2) is 9.97 Å². The summed E-state index contributed by atoms with van der Waals surface area (Å²) in [6.45, 7) is 3.85. The molecule has 0 aliphatic carbocycles. The van der Waals surface area contributed by atoms with E-state index in [0.29, 0.717) is 58.2 Å². The Morgan fingerprint density at radius 3 is 2.73 bits per heavy atom. The van der Waals surface area contributed by atoms with Crippen LogP contribution in [0.3, 0.4) is 0 Å². The highest BCUT2D eigenvalue weighted by Gasteiger charge is 2.27. The van der Waals surface area contributed by atoms with Crippen LogP contribution in [0.25, 0.3) is 22.8 Å². The van der Waals surface area contributed by atoms with E-state index >= 15 is 0 Å². The van der Waals surface area contributed by atoms with Crippen molar-refractivity contribution >= 4 is 29.0 Å². The van der Waals surface area contributed by atoms with Crippen LogP contribution in [0.2, 0.25) is 10.0 Å². The van der Waals surface area contributed by atoms with Crippen LogP contribution in [0.5, 0.6) is 5.75 Å². The third-order valence-electron chi connectivity index (χ3n) is 6.29. The molecule has 0 saturated heterocycles. The van der Waals surface area contributed by atoms with E-state index in [0.717, 1.165) is 22.6 Å². The number of ether oxygens (including phenoxy) is 1. The van der Waals surface area contributed by atoms with Crippen LogP contribution in [0.1, 0.15) is 16.8 Å². The van der Waals surface area contributed by atoms with Gasteiger partial charge >= 0.3 is 0 Å². The first-order valence-electron chi connectivity index (χ1n) is 11.8. The lowest BCUT2D eigenvalue weighted by Crippen LogP contribution is -2.29. The van der Waals surface area contributed by atoms with Gasteiger partial charge in [0.05, 0.1) is 34.2 Å². The molecule has 0 spiro atoms. The highest BCUT2D eigenvalue weighted by Crippen LogP contribution is 2.38. The summed E-state index contributed by atoms with van der Waals surface area (Å²) < 4.78 is 7.52. The molecule has 4 aromatic rings. The van der Waals surface area contributed by atoms with Gasteiger partial charge in [-0.15, -0.1) is 0 Å². The van der Waals surface area contributed by atoms with Crippen LogP contribution in [0, 0.1) is 6.92 Å². The molecule has 0 amide bonds. The average Bonchev–Trinajstić information content (AvgIpc) is 3.46. The van der Waals surface area contributed by atoms with Crippen molar-refractivity contribution in [3.63, 3.8) is 0 Å². The van der Waals surface area contributed by atoms with Gasteiger partial charge in [0, 0.05) is 37.5 Å². The van der Waals surface area contributed by atoms with Gasteiger partial charge in [0.25, 0.3) is 0 Å². The molecule has 2 N–H and O–H groups in total. The molecular weight excluding hydrogens is 513 g/mol. The van der Waals surface area contributed by atoms with Crippen LogP contribution >= 0.6 is 23.2 Å². The second-order valence-electron chi connectivity index (χ2n) is 8.94. The lowest BCUT2D eigenvalue weighted by molar-refractivity contribution is 0.108. The third-order valence-corrected chi connectivity index (χ3v) is 6.89. The van der Waals surface area contributed by atoms with Gasteiger partial charge in [0.15, 0.2) is 5.82 Å². The summed E-state index contributed by atoms with van der Waals surface area (Å²) in [7, 11) is 3.60. The minimum absolute atomic E-state index is 0.136. The van der Waals surface area contributed by atoms with Gasteiger partial charge in [-0.1, -0.05) is 29.3 Å². The SMILES string of the molecule is CNCC(O)COc1ccc(Cl)c(-c2nc(-c3c(Cl)cnn3C)c(C)c(N3Cc4cccnc4C3)n2)c1. The number of hydrogen-bond acceptors (Lipinski definition) is 8. The van der Waals surface area contributed by atoms with Crippen molar-refractivity contribution < 1.29 is 9.84 Å². The monoisotopic (exact) mass is 539 g/mol. The Morgan fingerprint density at radius 2 is 2.00 bits per heavy atom. The molecule has 9 nitrogen and oxygen atoms in total. The fourth-order valence-electron chi connectivity index (χ4n) is 4.44. The summed E-state index contributed by atoms with van der Waals surface area (Å²) in [6, 6.07) is 9.32. The first-order valence-corrected chi connectivity index (χ1v) is 12.6. The zero-order chi connectivity index (χ0) is 26.1. The van der Waals surface area contributed by atoms with Crippen LogP contribution in [0.15, 0.2) is 42.7 Å². The zero-order valence-electron chi connectivity index (χ0n) is 20.7. The first kappa shape index (κ1) is 25.4. The summed E-state index contributed by atoms with van der Waals surface area (Å²) in [4.78, 5) is 16.6. The Kier molecular flexibility index (Phi) is 7.30. The van der Waals surface area contributed by atoms with Gasteiger partial charge < -0.3 is 20.1 Å². The number of likely N-dealkylation sites (N-methyl/N-ethyl adjacent to an activating group) is 1. The number of hydrogen-bond donors (Lipinski definition) is 2. The van der Waals surface area contributed by atoms with Gasteiger partial charge in [-0.2, -0.15) is 5.10 Å². The second-order valence-corrected chi connectivity index (χ2v) is 9.75. The maximum Gasteiger partial charge on any atom is 0.163 e. The van der Waals surface area contributed by atoms with E-state index in [9.17, 15) is 5.11 Å². The van der Waals surface area contributed by atoms with E-state index in [-0.39, 0.29) is 6.61 Å². The Hall–Kier alpha value is -3.24.